The third-order valence-electron chi connectivity index (χ3n) is 4.72. The monoisotopic (exact) mass is 384 g/mol. The van der Waals surface area contributed by atoms with E-state index in [2.05, 4.69) is 5.32 Å². The zero-order chi connectivity index (χ0) is 20.1. The second kappa shape index (κ2) is 8.65. The number of nitrogens with one attached hydrogen (secondary N) is 1. The molecule has 1 heterocycles. The summed E-state index contributed by atoms with van der Waals surface area (Å²) in [5.74, 6) is -1.78. The second-order valence-corrected chi connectivity index (χ2v) is 6.79. The number of benzene rings is 2. The number of rotatable bonds is 7. The van der Waals surface area contributed by atoms with Crippen molar-refractivity contribution in [1.29, 1.82) is 0 Å². The molecule has 3 rings (SSSR count). The lowest BCUT2D eigenvalue weighted by molar-refractivity contribution is -0.137. The van der Waals surface area contributed by atoms with Crippen LogP contribution in [0.3, 0.4) is 0 Å². The summed E-state index contributed by atoms with van der Waals surface area (Å²) < 4.78 is 13.1. The van der Waals surface area contributed by atoms with Gasteiger partial charge in [0.25, 0.3) is 5.91 Å². The van der Waals surface area contributed by atoms with Gasteiger partial charge < -0.3 is 15.3 Å². The van der Waals surface area contributed by atoms with Gasteiger partial charge in [-0.15, -0.1) is 0 Å². The molecule has 1 aliphatic heterocycles. The van der Waals surface area contributed by atoms with Gasteiger partial charge in [0.2, 0.25) is 5.91 Å². The van der Waals surface area contributed by atoms with Crippen LogP contribution in [0, 0.1) is 5.82 Å². The van der Waals surface area contributed by atoms with Gasteiger partial charge >= 0.3 is 5.97 Å². The Hall–Kier alpha value is -3.22. The number of aliphatic carboxylic acids is 1. The van der Waals surface area contributed by atoms with Gasteiger partial charge in [-0.1, -0.05) is 24.3 Å². The Balaban J connectivity index is 1.68. The average molecular weight is 384 g/mol. The number of carboxylic acid groups (broad SMARTS) is 1. The van der Waals surface area contributed by atoms with Gasteiger partial charge in [0, 0.05) is 25.1 Å². The van der Waals surface area contributed by atoms with E-state index in [-0.39, 0.29) is 12.3 Å². The number of hydrogen-bond donors (Lipinski definition) is 2. The molecule has 0 spiro atoms. The molecular weight excluding hydrogens is 363 g/mol. The van der Waals surface area contributed by atoms with Crippen molar-refractivity contribution in [2.45, 2.75) is 31.8 Å². The van der Waals surface area contributed by atoms with Gasteiger partial charge in [-0.25, -0.2) is 4.39 Å². The molecule has 28 heavy (non-hydrogen) atoms. The lowest BCUT2D eigenvalue weighted by Crippen LogP contribution is -2.30. The zero-order valence-electron chi connectivity index (χ0n) is 15.2. The normalized spacial score (nSPS) is 14.8. The topological polar surface area (TPSA) is 86.7 Å². The molecule has 0 aliphatic carbocycles. The molecule has 0 radical (unpaired) electrons. The molecule has 2 aromatic carbocycles. The van der Waals surface area contributed by atoms with Gasteiger partial charge in [-0.2, -0.15) is 0 Å². The van der Waals surface area contributed by atoms with Crippen LogP contribution in [0.4, 0.5) is 4.39 Å². The smallest absolute Gasteiger partial charge is 0.305 e. The maximum atomic E-state index is 13.1. The maximum absolute atomic E-state index is 13.1. The lowest BCUT2D eigenvalue weighted by Gasteiger charge is -2.18. The summed E-state index contributed by atoms with van der Waals surface area (Å²) >= 11 is 0. The van der Waals surface area contributed by atoms with E-state index in [1.54, 1.807) is 29.2 Å². The number of carbonyl (C=O) groups excluding carboxylic acids is 2. The molecule has 0 aromatic heterocycles. The molecular formula is C21H21FN2O4. The third kappa shape index (κ3) is 4.94. The zero-order valence-corrected chi connectivity index (χ0v) is 15.2. The summed E-state index contributed by atoms with van der Waals surface area (Å²) in [6.45, 7) is 1.26. The van der Waals surface area contributed by atoms with Crippen molar-refractivity contribution < 1.29 is 23.9 Å². The maximum Gasteiger partial charge on any atom is 0.305 e. The van der Waals surface area contributed by atoms with E-state index in [1.807, 2.05) is 0 Å². The minimum absolute atomic E-state index is 0.137. The summed E-state index contributed by atoms with van der Waals surface area (Å²) in [7, 11) is 0. The van der Waals surface area contributed by atoms with Gasteiger partial charge in [0.1, 0.15) is 5.82 Å². The van der Waals surface area contributed by atoms with Crippen LogP contribution in [-0.2, 0) is 16.1 Å². The first-order valence-electron chi connectivity index (χ1n) is 9.07. The first-order chi connectivity index (χ1) is 13.4. The summed E-state index contributed by atoms with van der Waals surface area (Å²) in [6, 6.07) is 11.5. The highest BCUT2D eigenvalue weighted by Gasteiger charge is 2.21. The first kappa shape index (κ1) is 19.5. The van der Waals surface area contributed by atoms with Crippen molar-refractivity contribution >= 4 is 17.8 Å². The molecule has 0 bridgehead atoms. The molecule has 2 amide bonds. The van der Waals surface area contributed by atoms with Crippen molar-refractivity contribution in [3.63, 3.8) is 0 Å². The highest BCUT2D eigenvalue weighted by molar-refractivity contribution is 5.94. The Morgan fingerprint density at radius 3 is 2.36 bits per heavy atom. The van der Waals surface area contributed by atoms with Crippen LogP contribution in [0.5, 0.6) is 0 Å². The Bertz CT molecular complexity index is 865. The molecule has 1 atom stereocenters. The fourth-order valence-corrected chi connectivity index (χ4v) is 3.22. The van der Waals surface area contributed by atoms with Crippen LogP contribution in [0.25, 0.3) is 0 Å². The second-order valence-electron chi connectivity index (χ2n) is 6.79. The average Bonchev–Trinajstić information content (AvgIpc) is 3.06. The standard InChI is InChI=1S/C21H21FN2O4/c22-17-9-7-15(8-10-17)18(12-20(26)27)23-21(28)16-5-3-14(4-6-16)13-24-11-1-2-19(24)25/h3-10,18H,1-2,11-13H2,(H,23,28)(H,26,27)/t18-/m1/s1. The minimum Gasteiger partial charge on any atom is -0.481 e. The Kier molecular flexibility index (Phi) is 6.03. The molecule has 146 valence electrons. The van der Waals surface area contributed by atoms with Crippen LogP contribution >= 0.6 is 0 Å². The molecule has 1 saturated heterocycles. The summed E-state index contributed by atoms with van der Waals surface area (Å²) in [6.07, 6.45) is 1.13. The Labute approximate surface area is 162 Å². The molecule has 7 heteroatoms. The fourth-order valence-electron chi connectivity index (χ4n) is 3.22. The largest absolute Gasteiger partial charge is 0.481 e. The molecule has 0 unspecified atom stereocenters. The van der Waals surface area contributed by atoms with E-state index >= 15 is 0 Å². The molecule has 2 N–H and O–H groups in total. The Morgan fingerprint density at radius 2 is 1.79 bits per heavy atom. The van der Waals surface area contributed by atoms with Crippen LogP contribution in [-0.4, -0.2) is 34.3 Å². The summed E-state index contributed by atoms with van der Waals surface area (Å²) in [5.41, 5.74) is 1.82. The van der Waals surface area contributed by atoms with E-state index < -0.39 is 23.7 Å². The lowest BCUT2D eigenvalue weighted by atomic mass is 10.0. The van der Waals surface area contributed by atoms with E-state index in [0.717, 1.165) is 18.5 Å². The molecule has 1 fully saturated rings. The van der Waals surface area contributed by atoms with Crippen molar-refractivity contribution in [3.05, 3.63) is 71.0 Å². The summed E-state index contributed by atoms with van der Waals surface area (Å²) in [4.78, 5) is 37.2. The third-order valence-corrected chi connectivity index (χ3v) is 4.72. The van der Waals surface area contributed by atoms with Gasteiger partial charge in [0.05, 0.1) is 12.5 Å². The number of carboxylic acids is 1. The SMILES string of the molecule is O=C(O)C[C@@H](NC(=O)c1ccc(CN2CCCC2=O)cc1)c1ccc(F)cc1. The van der Waals surface area contributed by atoms with Crippen LogP contribution in [0.1, 0.15) is 46.8 Å². The van der Waals surface area contributed by atoms with Crippen LogP contribution < -0.4 is 5.32 Å². The number of halogens is 1. The van der Waals surface area contributed by atoms with Crippen molar-refractivity contribution in [3.8, 4) is 0 Å². The number of carbonyl (C=O) groups is 3. The van der Waals surface area contributed by atoms with Crippen molar-refractivity contribution in [2.75, 3.05) is 6.54 Å². The Morgan fingerprint density at radius 1 is 1.11 bits per heavy atom. The fraction of sp³-hybridized carbons (Fsp3) is 0.286. The number of amides is 2. The van der Waals surface area contributed by atoms with Gasteiger partial charge in [-0.3, -0.25) is 14.4 Å². The minimum atomic E-state index is -1.07. The summed E-state index contributed by atoms with van der Waals surface area (Å²) in [5, 5.41) is 11.8. The molecule has 2 aromatic rings. The van der Waals surface area contributed by atoms with Crippen LogP contribution in [0.15, 0.2) is 48.5 Å². The quantitative estimate of drug-likeness (QED) is 0.769. The number of hydrogen-bond acceptors (Lipinski definition) is 3. The van der Waals surface area contributed by atoms with E-state index in [0.29, 0.717) is 24.1 Å². The number of nitrogens with zero attached hydrogens (tertiary/aromatic N) is 1. The van der Waals surface area contributed by atoms with E-state index in [4.69, 9.17) is 5.11 Å². The predicted molar refractivity (Wildman–Crippen MR) is 100.0 cm³/mol. The highest BCUT2D eigenvalue weighted by atomic mass is 19.1. The molecule has 1 aliphatic rings. The predicted octanol–water partition coefficient (Wildman–Crippen LogP) is 2.89. The van der Waals surface area contributed by atoms with Gasteiger partial charge in [0.15, 0.2) is 0 Å². The molecule has 0 saturated carbocycles. The van der Waals surface area contributed by atoms with Crippen molar-refractivity contribution in [2.24, 2.45) is 0 Å². The first-order valence-corrected chi connectivity index (χ1v) is 9.07. The van der Waals surface area contributed by atoms with E-state index in [9.17, 15) is 18.8 Å². The van der Waals surface area contributed by atoms with Gasteiger partial charge in [-0.05, 0) is 41.8 Å². The van der Waals surface area contributed by atoms with E-state index in [1.165, 1.54) is 24.3 Å². The highest BCUT2D eigenvalue weighted by Crippen LogP contribution is 2.19. The molecule has 6 nitrogen and oxygen atoms in total. The van der Waals surface area contributed by atoms with Crippen molar-refractivity contribution in [1.82, 2.24) is 10.2 Å². The number of likely N-dealkylation sites (tertiary alicyclic amines) is 1. The van der Waals surface area contributed by atoms with Crippen LogP contribution in [0.2, 0.25) is 0 Å².